The van der Waals surface area contributed by atoms with Crippen LogP contribution in [-0.4, -0.2) is 73.8 Å². The van der Waals surface area contributed by atoms with E-state index >= 15 is 0 Å². The zero-order chi connectivity index (χ0) is 27.5. The second kappa shape index (κ2) is 15.5. The number of hydrogen-bond acceptors (Lipinski definition) is 8. The molecule has 1 N–H and O–H groups in total. The summed E-state index contributed by atoms with van der Waals surface area (Å²) in [4.78, 5) is 11.7. The zero-order valence-electron chi connectivity index (χ0n) is 24.1. The number of aliphatic hydroxyl groups is 1. The van der Waals surface area contributed by atoms with Crippen LogP contribution in [0.1, 0.15) is 40.0 Å². The van der Waals surface area contributed by atoms with E-state index in [9.17, 15) is 9.90 Å². The summed E-state index contributed by atoms with van der Waals surface area (Å²) in [5, 5.41) is 9.84. The molecule has 0 spiro atoms. The van der Waals surface area contributed by atoms with E-state index in [2.05, 4.69) is 65.9 Å². The molecule has 0 aliphatic carbocycles. The molecule has 208 valence electrons. The Morgan fingerprint density at radius 3 is 2.00 bits per heavy atom. The average molecular weight is 585 g/mol. The van der Waals surface area contributed by atoms with Crippen molar-refractivity contribution in [2.75, 3.05) is 6.61 Å². The van der Waals surface area contributed by atoms with Gasteiger partial charge in [-0.15, -0.1) is 0 Å². The van der Waals surface area contributed by atoms with Crippen LogP contribution in [0.4, 0.5) is 0 Å². The Morgan fingerprint density at radius 2 is 1.49 bits per heavy atom. The van der Waals surface area contributed by atoms with Gasteiger partial charge in [0.2, 0.25) is 6.29 Å². The van der Waals surface area contributed by atoms with Gasteiger partial charge in [0.05, 0.1) is 6.61 Å². The van der Waals surface area contributed by atoms with E-state index in [0.717, 1.165) is 12.5 Å². The molecule has 0 rings (SSSR count). The fraction of sp³-hybridized carbons (Fsp3) is 0.864. The van der Waals surface area contributed by atoms with Crippen molar-refractivity contribution in [2.45, 2.75) is 117 Å². The van der Waals surface area contributed by atoms with Crippen molar-refractivity contribution < 1.29 is 35.8 Å². The van der Waals surface area contributed by atoms with E-state index in [0.29, 0.717) is 6.61 Å². The SMILES string of the molecule is C=C(C)C(=O)OC(OCCC[Si](C)(C)O[Si](C)(C)O[Si](C)(C)O[Si](C)(C)O[SiH2]CCCC)C(C)O. The van der Waals surface area contributed by atoms with E-state index in [1.807, 2.05) is 0 Å². The predicted octanol–water partition coefficient (Wildman–Crippen LogP) is 4.90. The highest BCUT2D eigenvalue weighted by Gasteiger charge is 2.43. The van der Waals surface area contributed by atoms with Crippen LogP contribution < -0.4 is 0 Å². The van der Waals surface area contributed by atoms with E-state index in [4.69, 9.17) is 25.9 Å². The van der Waals surface area contributed by atoms with Gasteiger partial charge in [0.1, 0.15) is 15.9 Å². The quantitative estimate of drug-likeness (QED) is 0.0754. The summed E-state index contributed by atoms with van der Waals surface area (Å²) < 4.78 is 36.7. The van der Waals surface area contributed by atoms with Crippen LogP contribution in [0.3, 0.4) is 0 Å². The molecule has 0 aromatic rings. The minimum absolute atomic E-state index is 0.264. The zero-order valence-corrected chi connectivity index (χ0v) is 29.5. The molecule has 0 radical (unpaired) electrons. The van der Waals surface area contributed by atoms with Crippen molar-refractivity contribution >= 4 is 49.7 Å². The summed E-state index contributed by atoms with van der Waals surface area (Å²) in [5.41, 5.74) is 0.264. The third-order valence-corrected chi connectivity index (χ3v) is 22.9. The molecule has 0 amide bonds. The molecule has 0 aliphatic rings. The summed E-state index contributed by atoms with van der Waals surface area (Å²) in [6.45, 7) is 26.1. The number of ether oxygens (including phenoxy) is 2. The number of esters is 1. The Balaban J connectivity index is 4.73. The second-order valence-corrected chi connectivity index (χ2v) is 28.2. The van der Waals surface area contributed by atoms with Crippen LogP contribution in [-0.2, 0) is 30.7 Å². The van der Waals surface area contributed by atoms with Crippen molar-refractivity contribution in [2.24, 2.45) is 0 Å². The van der Waals surface area contributed by atoms with Crippen molar-refractivity contribution in [3.8, 4) is 0 Å². The van der Waals surface area contributed by atoms with Gasteiger partial charge in [-0.1, -0.05) is 26.3 Å². The number of carbonyl (C=O) groups is 1. The summed E-state index contributed by atoms with van der Waals surface area (Å²) in [6, 6.07) is 2.04. The molecule has 0 heterocycles. The summed E-state index contributed by atoms with van der Waals surface area (Å²) in [5.74, 6) is -0.576. The molecule has 0 saturated heterocycles. The molecular weight excluding hydrogens is 533 g/mol. The van der Waals surface area contributed by atoms with Gasteiger partial charge in [-0.3, -0.25) is 0 Å². The summed E-state index contributed by atoms with van der Waals surface area (Å²) >= 11 is 0. The molecule has 0 bridgehead atoms. The highest BCUT2D eigenvalue weighted by Crippen LogP contribution is 2.26. The van der Waals surface area contributed by atoms with Crippen LogP contribution in [0.5, 0.6) is 0 Å². The molecule has 8 nitrogen and oxygen atoms in total. The normalized spacial score (nSPS) is 15.4. The van der Waals surface area contributed by atoms with E-state index in [-0.39, 0.29) is 5.57 Å². The third kappa shape index (κ3) is 17.2. The molecule has 2 unspecified atom stereocenters. The third-order valence-electron chi connectivity index (χ3n) is 4.87. The fourth-order valence-corrected chi connectivity index (χ4v) is 25.1. The van der Waals surface area contributed by atoms with Gasteiger partial charge in [-0.25, -0.2) is 4.79 Å². The molecule has 0 fully saturated rings. The molecule has 0 aromatic heterocycles. The smallest absolute Gasteiger partial charge is 0.335 e. The lowest BCUT2D eigenvalue weighted by Crippen LogP contribution is -2.57. The number of aliphatic hydroxyl groups excluding tert-OH is 1. The molecule has 35 heavy (non-hydrogen) atoms. The molecule has 0 saturated carbocycles. The van der Waals surface area contributed by atoms with Crippen LogP contribution >= 0.6 is 0 Å². The minimum atomic E-state index is -2.44. The van der Waals surface area contributed by atoms with Gasteiger partial charge in [-0.2, -0.15) is 0 Å². The Morgan fingerprint density at radius 1 is 0.943 bits per heavy atom. The monoisotopic (exact) mass is 584 g/mol. The first-order chi connectivity index (χ1) is 15.8. The Labute approximate surface area is 220 Å². The van der Waals surface area contributed by atoms with Gasteiger partial charge in [0.25, 0.3) is 0 Å². The van der Waals surface area contributed by atoms with Crippen molar-refractivity contribution in [1.29, 1.82) is 0 Å². The van der Waals surface area contributed by atoms with Crippen LogP contribution in [0.25, 0.3) is 0 Å². The van der Waals surface area contributed by atoms with E-state index < -0.39 is 62.1 Å². The topological polar surface area (TPSA) is 92.7 Å². The van der Waals surface area contributed by atoms with Crippen molar-refractivity contribution in [3.05, 3.63) is 12.2 Å². The summed E-state index contributed by atoms with van der Waals surface area (Å²) in [7, 11) is -9.67. The van der Waals surface area contributed by atoms with Crippen molar-refractivity contribution in [1.82, 2.24) is 0 Å². The number of rotatable bonds is 19. The predicted molar refractivity (Wildman–Crippen MR) is 154 cm³/mol. The Kier molecular flexibility index (Phi) is 15.5. The van der Waals surface area contributed by atoms with Crippen molar-refractivity contribution in [3.63, 3.8) is 0 Å². The minimum Gasteiger partial charge on any atom is -0.442 e. The lowest BCUT2D eigenvalue weighted by Gasteiger charge is -2.40. The first-order valence-electron chi connectivity index (χ1n) is 12.7. The fourth-order valence-electron chi connectivity index (χ4n) is 3.82. The molecule has 2 atom stereocenters. The van der Waals surface area contributed by atoms with Gasteiger partial charge < -0.3 is 31.0 Å². The van der Waals surface area contributed by atoms with Gasteiger partial charge in [-0.05, 0) is 84.7 Å². The first kappa shape index (κ1) is 35.1. The Bertz CT molecular complexity index is 656. The second-order valence-electron chi connectivity index (χ2n) is 11.1. The lowest BCUT2D eigenvalue weighted by atomic mass is 10.3. The number of carbonyl (C=O) groups excluding carboxylic acids is 1. The maximum atomic E-state index is 11.7. The lowest BCUT2D eigenvalue weighted by molar-refractivity contribution is -0.196. The summed E-state index contributed by atoms with van der Waals surface area (Å²) in [6.07, 6.45) is 1.21. The van der Waals surface area contributed by atoms with E-state index in [1.165, 1.54) is 25.8 Å². The van der Waals surface area contributed by atoms with Crippen LogP contribution in [0, 0.1) is 0 Å². The Hall–Kier alpha value is 0.0544. The largest absolute Gasteiger partial charge is 0.442 e. The van der Waals surface area contributed by atoms with Gasteiger partial charge >= 0.3 is 31.7 Å². The average Bonchev–Trinajstić information content (AvgIpc) is 2.64. The molecule has 0 aromatic carbocycles. The van der Waals surface area contributed by atoms with Gasteiger partial charge in [0, 0.05) is 5.57 Å². The molecule has 13 heteroatoms. The molecule has 0 aliphatic heterocycles. The number of hydrogen-bond donors (Lipinski definition) is 1. The first-order valence-corrected chi connectivity index (χ1v) is 25.9. The van der Waals surface area contributed by atoms with Crippen LogP contribution in [0.2, 0.25) is 64.5 Å². The highest BCUT2D eigenvalue weighted by atomic mass is 28.5. The maximum Gasteiger partial charge on any atom is 0.335 e. The number of unbranched alkanes of at least 4 members (excludes halogenated alkanes) is 1. The van der Waals surface area contributed by atoms with Crippen LogP contribution in [0.15, 0.2) is 12.2 Å². The molecular formula is C22H52O8Si5. The maximum absolute atomic E-state index is 11.7. The standard InChI is InChI=1S/C22H52O8Si5/c1-13-14-17-31-27-33(7,8)29-35(11,12)30-34(9,10)28-32(5,6)18-15-16-25-22(20(4)23)26-21(24)19(2)3/h20,22-23H,2,13-18,31H2,1,3-12H3. The van der Waals surface area contributed by atoms with Gasteiger partial charge in [0.15, 0.2) is 8.32 Å². The highest BCUT2D eigenvalue weighted by molar-refractivity contribution is 6.89. The van der Waals surface area contributed by atoms with E-state index in [1.54, 1.807) is 6.92 Å².